The van der Waals surface area contributed by atoms with Crippen LogP contribution < -0.4 is 0 Å². The monoisotopic (exact) mass is 337 g/mol. The van der Waals surface area contributed by atoms with E-state index in [9.17, 15) is 8.42 Å². The van der Waals surface area contributed by atoms with E-state index in [0.717, 1.165) is 0 Å². The molecule has 13 heavy (non-hydrogen) atoms. The van der Waals surface area contributed by atoms with Gasteiger partial charge in [-0.15, -0.1) is 0 Å². The summed E-state index contributed by atoms with van der Waals surface area (Å²) in [4.78, 5) is 0. The molecule has 0 saturated carbocycles. The van der Waals surface area contributed by atoms with E-state index < -0.39 is 20.4 Å². The molecule has 0 rings (SSSR count). The summed E-state index contributed by atoms with van der Waals surface area (Å²) in [5.74, 6) is 0. The van der Waals surface area contributed by atoms with Crippen molar-refractivity contribution < 1.29 is 13.0 Å². The predicted molar refractivity (Wildman–Crippen MR) is 59.4 cm³/mol. The molecule has 1 N–H and O–H groups in total. The van der Waals surface area contributed by atoms with Crippen molar-refractivity contribution in [1.29, 1.82) is 0 Å². The lowest BCUT2D eigenvalue weighted by Gasteiger charge is -2.40. The highest BCUT2D eigenvalue weighted by molar-refractivity contribution is 9.21. The average Bonchev–Trinajstić information content (AvgIpc) is 1.84. The van der Waals surface area contributed by atoms with E-state index in [0.29, 0.717) is 0 Å². The van der Waals surface area contributed by atoms with Crippen LogP contribution in [0.5, 0.6) is 0 Å². The minimum absolute atomic E-state index is 0.791. The van der Waals surface area contributed by atoms with Crippen LogP contribution in [-0.4, -0.2) is 26.2 Å². The fourth-order valence-corrected chi connectivity index (χ4v) is 2.36. The lowest BCUT2D eigenvalue weighted by Crippen LogP contribution is -2.55. The first-order valence-electron chi connectivity index (χ1n) is 3.53. The third kappa shape index (κ3) is 2.44. The third-order valence-corrected chi connectivity index (χ3v) is 6.10. The molecule has 0 aromatic carbocycles. The number of nitrogens with zero attached hydrogens (tertiary/aromatic N) is 1. The minimum Gasteiger partial charge on any atom is -0.285 e. The summed E-state index contributed by atoms with van der Waals surface area (Å²) in [5.41, 5.74) is -0.791. The van der Waals surface area contributed by atoms with Crippen LogP contribution in [0.4, 0.5) is 0 Å². The van der Waals surface area contributed by atoms with E-state index in [1.54, 1.807) is 13.8 Å². The highest BCUT2D eigenvalue weighted by atomic mass is 79.9. The van der Waals surface area contributed by atoms with E-state index in [2.05, 4.69) is 32.3 Å². The molecule has 0 unspecified atom stereocenters. The fraction of sp³-hybridized carbons (Fsp3) is 1.00. The first-order valence-corrected chi connectivity index (χ1v) is 6.39. The van der Waals surface area contributed by atoms with E-state index in [1.807, 2.05) is 0 Å². The molecule has 0 aliphatic heterocycles. The van der Waals surface area contributed by atoms with Gasteiger partial charge in [0.15, 0.2) is 0 Å². The molecule has 0 fully saturated rings. The Kier molecular flexibility index (Phi) is 4.01. The normalized spacial score (nSPS) is 15.1. The Hall–Kier alpha value is 0.830. The zero-order valence-electron chi connectivity index (χ0n) is 7.88. The van der Waals surface area contributed by atoms with Gasteiger partial charge in [-0.2, -0.15) is 11.4 Å². The predicted octanol–water partition coefficient (Wildman–Crippen LogP) is 2.35. The highest BCUT2D eigenvalue weighted by Gasteiger charge is 2.49. The Morgan fingerprint density at radius 3 is 1.54 bits per heavy atom. The van der Waals surface area contributed by atoms with Gasteiger partial charge in [0.1, 0.15) is 4.75 Å². The summed E-state index contributed by atoms with van der Waals surface area (Å²) >= 11 is 6.20. The van der Waals surface area contributed by atoms with Crippen LogP contribution in [0.3, 0.4) is 0 Å². The number of hydrogen-bond donors (Lipinski definition) is 1. The van der Waals surface area contributed by atoms with Crippen molar-refractivity contribution in [3.8, 4) is 0 Å². The number of rotatable bonds is 3. The molecule has 0 saturated heterocycles. The molecule has 4 nitrogen and oxygen atoms in total. The summed E-state index contributed by atoms with van der Waals surface area (Å²) in [6.07, 6.45) is 0. The summed E-state index contributed by atoms with van der Waals surface area (Å²) in [6, 6.07) is 0. The van der Waals surface area contributed by atoms with Gasteiger partial charge >= 0.3 is 0 Å². The lowest BCUT2D eigenvalue weighted by atomic mass is 9.91. The van der Waals surface area contributed by atoms with E-state index in [1.165, 1.54) is 16.8 Å². The van der Waals surface area contributed by atoms with Gasteiger partial charge in [0.05, 0.1) is 5.54 Å². The van der Waals surface area contributed by atoms with Crippen LogP contribution in [0, 0.1) is 0 Å². The summed E-state index contributed by atoms with van der Waals surface area (Å²) in [6.45, 7) is 6.28. The van der Waals surface area contributed by atoms with Gasteiger partial charge in [-0.1, -0.05) is 0 Å². The Morgan fingerprint density at radius 1 is 1.15 bits per heavy atom. The Labute approximate surface area is 96.1 Å². The first-order chi connectivity index (χ1) is 5.44. The van der Waals surface area contributed by atoms with Crippen molar-refractivity contribution in [2.45, 2.75) is 38.0 Å². The van der Waals surface area contributed by atoms with Gasteiger partial charge in [0.2, 0.25) is 0 Å². The van der Waals surface area contributed by atoms with E-state index in [-0.39, 0.29) is 0 Å². The van der Waals surface area contributed by atoms with Crippen molar-refractivity contribution in [2.24, 2.45) is 0 Å². The van der Waals surface area contributed by atoms with Crippen LogP contribution >= 0.6 is 32.3 Å². The van der Waals surface area contributed by atoms with Gasteiger partial charge in [0, 0.05) is 32.3 Å². The van der Waals surface area contributed by atoms with Gasteiger partial charge in [-0.25, -0.2) is 0 Å². The first kappa shape index (κ1) is 13.8. The van der Waals surface area contributed by atoms with Gasteiger partial charge in [0.25, 0.3) is 10.1 Å². The second-order valence-corrected chi connectivity index (χ2v) is 8.12. The molecule has 0 amide bonds. The van der Waals surface area contributed by atoms with Crippen molar-refractivity contribution in [3.63, 3.8) is 0 Å². The maximum absolute atomic E-state index is 11.1. The van der Waals surface area contributed by atoms with Crippen LogP contribution in [0.2, 0.25) is 0 Å². The summed E-state index contributed by atoms with van der Waals surface area (Å²) in [7, 11) is -4.11. The molecule has 0 aliphatic carbocycles. The van der Waals surface area contributed by atoms with Gasteiger partial charge in [-0.3, -0.25) is 4.55 Å². The summed E-state index contributed by atoms with van der Waals surface area (Å²) < 4.78 is 31.3. The molecule has 80 valence electrons. The molecule has 7 heteroatoms. The third-order valence-electron chi connectivity index (χ3n) is 2.54. The molecule has 0 aliphatic rings. The van der Waals surface area contributed by atoms with Crippen molar-refractivity contribution in [1.82, 2.24) is 2.95 Å². The largest absolute Gasteiger partial charge is 0.285 e. The SMILES string of the molecule is CC(C)(N(Br)Br)C(C)(C)S(=O)(=O)O. The molecular weight excluding hydrogens is 326 g/mol. The second-order valence-electron chi connectivity index (χ2n) is 3.78. The van der Waals surface area contributed by atoms with Crippen LogP contribution in [-0.2, 0) is 10.1 Å². The maximum atomic E-state index is 11.1. The fourth-order valence-electron chi connectivity index (χ4n) is 0.519. The van der Waals surface area contributed by atoms with Crippen molar-refractivity contribution in [3.05, 3.63) is 0 Å². The smallest absolute Gasteiger partial charge is 0.272 e. The molecule has 0 radical (unpaired) electrons. The standard InChI is InChI=1S/C6H13Br2NO3S/c1-5(2,9(7)8)6(3,4)13(10,11)12/h1-4H3,(H,10,11,12). The molecule has 0 aromatic heterocycles. The van der Waals surface area contributed by atoms with E-state index in [4.69, 9.17) is 4.55 Å². The quantitative estimate of drug-likeness (QED) is 0.634. The molecule has 0 bridgehead atoms. The molecular formula is C6H13Br2NO3S. The number of halogens is 2. The Balaban J connectivity index is 5.29. The van der Waals surface area contributed by atoms with E-state index >= 15 is 0 Å². The van der Waals surface area contributed by atoms with Gasteiger partial charge < -0.3 is 0 Å². The Bertz CT molecular complexity index is 284. The maximum Gasteiger partial charge on any atom is 0.272 e. The van der Waals surface area contributed by atoms with Crippen LogP contribution in [0.15, 0.2) is 0 Å². The zero-order valence-corrected chi connectivity index (χ0v) is 11.9. The van der Waals surface area contributed by atoms with Crippen LogP contribution in [0.1, 0.15) is 27.7 Å². The zero-order chi connectivity index (χ0) is 11.1. The average molecular weight is 339 g/mol. The Morgan fingerprint density at radius 2 is 1.46 bits per heavy atom. The van der Waals surface area contributed by atoms with Crippen LogP contribution in [0.25, 0.3) is 0 Å². The lowest BCUT2D eigenvalue weighted by molar-refractivity contribution is 0.280. The van der Waals surface area contributed by atoms with Gasteiger partial charge in [-0.05, 0) is 27.7 Å². The number of hydrogen-bond acceptors (Lipinski definition) is 3. The highest BCUT2D eigenvalue weighted by Crippen LogP contribution is 2.37. The summed E-state index contributed by atoms with van der Waals surface area (Å²) in [5, 5.41) is 0. The van der Waals surface area contributed by atoms with Crippen molar-refractivity contribution in [2.75, 3.05) is 0 Å². The second kappa shape index (κ2) is 3.77. The molecule has 0 spiro atoms. The molecule has 0 atom stereocenters. The topological polar surface area (TPSA) is 57.6 Å². The minimum atomic E-state index is -4.11. The molecule has 0 heterocycles. The van der Waals surface area contributed by atoms with Crippen molar-refractivity contribution >= 4 is 42.4 Å². The molecule has 0 aromatic rings.